The topological polar surface area (TPSA) is 90.0 Å². The predicted octanol–water partition coefficient (Wildman–Crippen LogP) is 4.46. The number of amides is 2. The average molecular weight is 561 g/mol. The van der Waals surface area contributed by atoms with Crippen molar-refractivity contribution in [2.75, 3.05) is 44.6 Å². The van der Waals surface area contributed by atoms with Gasteiger partial charge in [-0.25, -0.2) is 8.42 Å². The minimum atomic E-state index is -3.50. The van der Waals surface area contributed by atoms with Gasteiger partial charge < -0.3 is 10.2 Å². The summed E-state index contributed by atoms with van der Waals surface area (Å²) in [6.07, 6.45) is 4.29. The number of nitrogens with one attached hydrogen (secondary N) is 1. The standard InChI is InChI=1S/C31H36N4O4S/c36-30(32-29-16-7-6-15-28(29)31(37)34-17-8-1-2-9-18-34)26-12-10-11-25(23-26)24-33-19-21-35(22-20-33)40(38,39)27-13-4-3-5-14-27/h3-7,10-16,23H,1-2,8-9,17-22,24H2,(H,32,36). The Morgan fingerprint density at radius 2 is 1.40 bits per heavy atom. The Bertz CT molecular complexity index is 1430. The first-order valence-electron chi connectivity index (χ1n) is 14.0. The van der Waals surface area contributed by atoms with Crippen LogP contribution in [-0.2, 0) is 16.6 Å². The summed E-state index contributed by atoms with van der Waals surface area (Å²) in [6, 6.07) is 23.2. The molecule has 40 heavy (non-hydrogen) atoms. The lowest BCUT2D eigenvalue weighted by molar-refractivity contribution is 0.0762. The number of sulfonamides is 1. The number of likely N-dealkylation sites (tertiary alicyclic amines) is 1. The van der Waals surface area contributed by atoms with Gasteiger partial charge in [-0.2, -0.15) is 4.31 Å². The van der Waals surface area contributed by atoms with Gasteiger partial charge in [-0.1, -0.05) is 55.3 Å². The van der Waals surface area contributed by atoms with Gasteiger partial charge in [0, 0.05) is 51.4 Å². The van der Waals surface area contributed by atoms with Gasteiger partial charge in [0.25, 0.3) is 11.8 Å². The Balaban J connectivity index is 1.21. The smallest absolute Gasteiger partial charge is 0.255 e. The highest BCUT2D eigenvalue weighted by Gasteiger charge is 2.28. The lowest BCUT2D eigenvalue weighted by Crippen LogP contribution is -2.48. The molecule has 0 spiro atoms. The number of rotatable bonds is 7. The van der Waals surface area contributed by atoms with E-state index in [1.165, 1.54) is 4.31 Å². The van der Waals surface area contributed by atoms with Crippen LogP contribution in [0, 0.1) is 0 Å². The second kappa shape index (κ2) is 12.8. The molecule has 2 amide bonds. The van der Waals surface area contributed by atoms with Crippen LogP contribution in [0.3, 0.4) is 0 Å². The minimum absolute atomic E-state index is 0.0417. The van der Waals surface area contributed by atoms with E-state index in [1.807, 2.05) is 35.2 Å². The number of piperazine rings is 1. The number of anilines is 1. The molecule has 0 bridgehead atoms. The number of para-hydroxylation sites is 1. The molecule has 0 atom stereocenters. The Hall–Kier alpha value is -3.53. The van der Waals surface area contributed by atoms with Gasteiger partial charge >= 0.3 is 0 Å². The van der Waals surface area contributed by atoms with E-state index in [0.29, 0.717) is 54.4 Å². The molecule has 0 unspecified atom stereocenters. The van der Waals surface area contributed by atoms with Crippen LogP contribution >= 0.6 is 0 Å². The van der Waals surface area contributed by atoms with Crippen molar-refractivity contribution >= 4 is 27.5 Å². The highest BCUT2D eigenvalue weighted by molar-refractivity contribution is 7.89. The fourth-order valence-electron chi connectivity index (χ4n) is 5.36. The molecular weight excluding hydrogens is 524 g/mol. The van der Waals surface area contributed by atoms with Crippen molar-refractivity contribution in [1.29, 1.82) is 0 Å². The number of hydrogen-bond donors (Lipinski definition) is 1. The van der Waals surface area contributed by atoms with Gasteiger partial charge in [-0.05, 0) is 54.8 Å². The van der Waals surface area contributed by atoms with E-state index in [-0.39, 0.29) is 11.8 Å². The molecule has 9 heteroatoms. The maximum atomic E-state index is 13.3. The second-order valence-corrected chi connectivity index (χ2v) is 12.3. The van der Waals surface area contributed by atoms with Crippen LogP contribution in [-0.4, -0.2) is 73.6 Å². The van der Waals surface area contributed by atoms with Crippen molar-refractivity contribution in [2.45, 2.75) is 37.1 Å². The van der Waals surface area contributed by atoms with Gasteiger partial charge in [-0.15, -0.1) is 0 Å². The Morgan fingerprint density at radius 1 is 0.725 bits per heavy atom. The Kier molecular flexibility index (Phi) is 8.94. The van der Waals surface area contributed by atoms with Crippen LogP contribution < -0.4 is 5.32 Å². The zero-order valence-electron chi connectivity index (χ0n) is 22.7. The fraction of sp³-hybridized carbons (Fsp3) is 0.355. The molecule has 2 aliphatic heterocycles. The Labute approximate surface area is 236 Å². The first-order chi connectivity index (χ1) is 19.4. The van der Waals surface area contributed by atoms with E-state index in [0.717, 1.165) is 44.3 Å². The molecule has 0 saturated carbocycles. The quantitative estimate of drug-likeness (QED) is 0.461. The molecule has 0 radical (unpaired) electrons. The zero-order valence-corrected chi connectivity index (χ0v) is 23.5. The number of carbonyl (C=O) groups is 2. The molecule has 8 nitrogen and oxygen atoms in total. The largest absolute Gasteiger partial charge is 0.339 e. The van der Waals surface area contributed by atoms with Gasteiger partial charge in [0.05, 0.1) is 16.1 Å². The van der Waals surface area contributed by atoms with E-state index in [2.05, 4.69) is 10.2 Å². The van der Waals surface area contributed by atoms with Crippen LogP contribution in [0.25, 0.3) is 0 Å². The fourth-order valence-corrected chi connectivity index (χ4v) is 6.80. The Morgan fingerprint density at radius 3 is 2.12 bits per heavy atom. The van der Waals surface area contributed by atoms with Crippen LogP contribution in [0.5, 0.6) is 0 Å². The molecule has 1 N–H and O–H groups in total. The summed E-state index contributed by atoms with van der Waals surface area (Å²) in [7, 11) is -3.50. The first-order valence-corrected chi connectivity index (χ1v) is 15.4. The van der Waals surface area contributed by atoms with Gasteiger partial charge in [0.1, 0.15) is 0 Å². The SMILES string of the molecule is O=C(Nc1ccccc1C(=O)N1CCCCCC1)c1cccc(CN2CCN(S(=O)(=O)c3ccccc3)CC2)c1. The summed E-state index contributed by atoms with van der Waals surface area (Å²) < 4.78 is 27.4. The summed E-state index contributed by atoms with van der Waals surface area (Å²) in [5.41, 5.74) is 2.51. The van der Waals surface area contributed by atoms with E-state index >= 15 is 0 Å². The molecule has 5 rings (SSSR count). The van der Waals surface area contributed by atoms with Crippen LogP contribution in [0.2, 0.25) is 0 Å². The summed E-state index contributed by atoms with van der Waals surface area (Å²) in [6.45, 7) is 4.15. The molecule has 0 aromatic heterocycles. The summed E-state index contributed by atoms with van der Waals surface area (Å²) in [4.78, 5) is 30.9. The summed E-state index contributed by atoms with van der Waals surface area (Å²) in [5, 5.41) is 2.96. The van der Waals surface area contributed by atoms with E-state index < -0.39 is 10.0 Å². The molecular formula is C31H36N4O4S. The number of nitrogens with zero attached hydrogens (tertiary/aromatic N) is 3. The lowest BCUT2D eigenvalue weighted by Gasteiger charge is -2.34. The number of carbonyl (C=O) groups excluding carboxylic acids is 2. The van der Waals surface area contributed by atoms with Crippen LogP contribution in [0.4, 0.5) is 5.69 Å². The van der Waals surface area contributed by atoms with Crippen molar-refractivity contribution in [3.63, 3.8) is 0 Å². The number of benzene rings is 3. The molecule has 2 saturated heterocycles. The third-order valence-electron chi connectivity index (χ3n) is 7.61. The first kappa shape index (κ1) is 28.0. The molecule has 2 heterocycles. The van der Waals surface area contributed by atoms with Gasteiger partial charge in [0.15, 0.2) is 0 Å². The molecule has 0 aliphatic carbocycles. The molecule has 3 aromatic carbocycles. The molecule has 2 fully saturated rings. The zero-order chi connectivity index (χ0) is 28.0. The van der Waals surface area contributed by atoms with Crippen molar-refractivity contribution in [3.05, 3.63) is 95.6 Å². The van der Waals surface area contributed by atoms with Crippen LogP contribution in [0.1, 0.15) is 52.0 Å². The van der Waals surface area contributed by atoms with Crippen molar-refractivity contribution in [2.24, 2.45) is 0 Å². The molecule has 3 aromatic rings. The number of hydrogen-bond acceptors (Lipinski definition) is 5. The second-order valence-electron chi connectivity index (χ2n) is 10.4. The molecule has 2 aliphatic rings. The summed E-state index contributed by atoms with van der Waals surface area (Å²) >= 11 is 0. The highest BCUT2D eigenvalue weighted by atomic mass is 32.2. The van der Waals surface area contributed by atoms with E-state index in [9.17, 15) is 18.0 Å². The summed E-state index contributed by atoms with van der Waals surface area (Å²) in [5.74, 6) is -0.309. The monoisotopic (exact) mass is 560 g/mol. The van der Waals surface area contributed by atoms with Crippen molar-refractivity contribution in [1.82, 2.24) is 14.1 Å². The highest BCUT2D eigenvalue weighted by Crippen LogP contribution is 2.22. The van der Waals surface area contributed by atoms with Crippen LogP contribution in [0.15, 0.2) is 83.8 Å². The lowest BCUT2D eigenvalue weighted by atomic mass is 10.1. The predicted molar refractivity (Wildman–Crippen MR) is 156 cm³/mol. The van der Waals surface area contributed by atoms with Gasteiger partial charge in [-0.3, -0.25) is 14.5 Å². The van der Waals surface area contributed by atoms with Crippen molar-refractivity contribution in [3.8, 4) is 0 Å². The third kappa shape index (κ3) is 6.60. The normalized spacial score (nSPS) is 17.2. The average Bonchev–Trinajstić information content (AvgIpc) is 3.28. The van der Waals surface area contributed by atoms with E-state index in [4.69, 9.17) is 0 Å². The van der Waals surface area contributed by atoms with Crippen molar-refractivity contribution < 1.29 is 18.0 Å². The van der Waals surface area contributed by atoms with Gasteiger partial charge in [0.2, 0.25) is 10.0 Å². The third-order valence-corrected chi connectivity index (χ3v) is 9.52. The molecule has 210 valence electrons. The van der Waals surface area contributed by atoms with E-state index in [1.54, 1.807) is 48.5 Å². The maximum Gasteiger partial charge on any atom is 0.255 e. The minimum Gasteiger partial charge on any atom is -0.339 e. The maximum absolute atomic E-state index is 13.3.